The average molecular weight is 466 g/mol. The highest BCUT2D eigenvalue weighted by Gasteiger charge is 2.16. The lowest BCUT2D eigenvalue weighted by Crippen LogP contribution is -2.26. The van der Waals surface area contributed by atoms with Crippen LogP contribution >= 0.6 is 15.9 Å². The highest BCUT2D eigenvalue weighted by molar-refractivity contribution is 9.10. The van der Waals surface area contributed by atoms with Gasteiger partial charge in [-0.3, -0.25) is 14.5 Å². The topological polar surface area (TPSA) is 99.8 Å². The number of aromatic nitrogens is 3. The van der Waals surface area contributed by atoms with Gasteiger partial charge >= 0.3 is 6.09 Å². The molecule has 30 heavy (non-hydrogen) atoms. The minimum atomic E-state index is -1.18. The number of carbonyl (C=O) groups is 2. The lowest BCUT2D eigenvalue weighted by molar-refractivity contribution is 0.0992. The number of hydrogen-bond acceptors (Lipinski definition) is 4. The molecule has 0 fully saturated rings. The number of benzene rings is 1. The van der Waals surface area contributed by atoms with Crippen LogP contribution in [0.1, 0.15) is 10.4 Å². The second-order valence-electron chi connectivity index (χ2n) is 6.50. The SMILES string of the molecule is CN(C(=O)c1ccc2ncc(-c3ccc(NC(=O)O)nc3)n2c1)c1cccc(Br)c1. The van der Waals surface area contributed by atoms with Gasteiger partial charge in [-0.2, -0.15) is 0 Å². The standard InChI is InChI=1S/C21H16BrN5O3/c1-26(16-4-2-3-15(22)9-16)20(28)14-6-8-19-24-11-17(27(19)12-14)13-5-7-18(23-10-13)25-21(29)30/h2-12H,1H3,(H,23,25)(H,29,30). The second-order valence-corrected chi connectivity index (χ2v) is 7.41. The molecule has 0 aliphatic rings. The molecule has 0 spiro atoms. The van der Waals surface area contributed by atoms with Gasteiger partial charge in [0.25, 0.3) is 5.91 Å². The molecule has 4 rings (SSSR count). The van der Waals surface area contributed by atoms with Crippen molar-refractivity contribution < 1.29 is 14.7 Å². The monoisotopic (exact) mass is 465 g/mol. The average Bonchev–Trinajstić information content (AvgIpc) is 3.16. The number of pyridine rings is 2. The molecule has 3 aromatic heterocycles. The quantitative estimate of drug-likeness (QED) is 0.461. The summed E-state index contributed by atoms with van der Waals surface area (Å²) in [5.74, 6) is 0.0698. The van der Waals surface area contributed by atoms with Crippen LogP contribution in [0.3, 0.4) is 0 Å². The van der Waals surface area contributed by atoms with E-state index in [1.807, 2.05) is 28.7 Å². The summed E-state index contributed by atoms with van der Waals surface area (Å²) < 4.78 is 2.70. The molecule has 0 saturated carbocycles. The zero-order chi connectivity index (χ0) is 21.3. The lowest BCUT2D eigenvalue weighted by Gasteiger charge is -2.18. The van der Waals surface area contributed by atoms with Crippen LogP contribution in [0.25, 0.3) is 16.9 Å². The van der Waals surface area contributed by atoms with Crippen molar-refractivity contribution in [2.24, 2.45) is 0 Å². The van der Waals surface area contributed by atoms with Crippen LogP contribution < -0.4 is 10.2 Å². The Kier molecular flexibility index (Phi) is 5.20. The number of hydrogen-bond donors (Lipinski definition) is 2. The van der Waals surface area contributed by atoms with E-state index < -0.39 is 6.09 Å². The van der Waals surface area contributed by atoms with Crippen LogP contribution in [-0.4, -0.2) is 38.5 Å². The normalized spacial score (nSPS) is 10.7. The predicted octanol–water partition coefficient (Wildman–Crippen LogP) is 4.53. The number of nitrogens with zero attached hydrogens (tertiary/aromatic N) is 4. The third kappa shape index (κ3) is 3.87. The third-order valence-electron chi connectivity index (χ3n) is 4.55. The molecule has 3 heterocycles. The highest BCUT2D eigenvalue weighted by atomic mass is 79.9. The van der Waals surface area contributed by atoms with Crippen LogP contribution in [0, 0.1) is 0 Å². The number of amides is 2. The van der Waals surface area contributed by atoms with E-state index in [0.717, 1.165) is 21.4 Å². The molecule has 2 N–H and O–H groups in total. The zero-order valence-corrected chi connectivity index (χ0v) is 17.4. The van der Waals surface area contributed by atoms with Crippen LogP contribution in [0.4, 0.5) is 16.3 Å². The highest BCUT2D eigenvalue weighted by Crippen LogP contribution is 2.24. The summed E-state index contributed by atoms with van der Waals surface area (Å²) >= 11 is 3.42. The van der Waals surface area contributed by atoms with Crippen LogP contribution in [-0.2, 0) is 0 Å². The Balaban J connectivity index is 1.67. The Hall–Kier alpha value is -3.72. The fourth-order valence-electron chi connectivity index (χ4n) is 3.05. The third-order valence-corrected chi connectivity index (χ3v) is 5.04. The van der Waals surface area contributed by atoms with E-state index >= 15 is 0 Å². The molecule has 0 saturated heterocycles. The van der Waals surface area contributed by atoms with E-state index in [1.165, 1.54) is 0 Å². The number of imidazole rings is 1. The Morgan fingerprint density at radius 2 is 1.93 bits per heavy atom. The van der Waals surface area contributed by atoms with Gasteiger partial charge in [0, 0.05) is 35.2 Å². The summed E-state index contributed by atoms with van der Waals surface area (Å²) in [6.45, 7) is 0. The van der Waals surface area contributed by atoms with Crippen molar-refractivity contribution in [3.8, 4) is 11.3 Å². The summed E-state index contributed by atoms with van der Waals surface area (Å²) in [6, 6.07) is 14.3. The second kappa shape index (κ2) is 7.96. The maximum absolute atomic E-state index is 13.0. The fourth-order valence-corrected chi connectivity index (χ4v) is 3.43. The van der Waals surface area contributed by atoms with Crippen molar-refractivity contribution in [1.82, 2.24) is 14.4 Å². The smallest absolute Gasteiger partial charge is 0.410 e. The molecular weight excluding hydrogens is 450 g/mol. The van der Waals surface area contributed by atoms with Crippen molar-refractivity contribution in [3.63, 3.8) is 0 Å². The van der Waals surface area contributed by atoms with Crippen molar-refractivity contribution >= 4 is 45.1 Å². The number of anilines is 2. The van der Waals surface area contributed by atoms with Gasteiger partial charge in [-0.05, 0) is 42.5 Å². The molecule has 150 valence electrons. The molecule has 0 aliphatic carbocycles. The molecule has 0 atom stereocenters. The first-order chi connectivity index (χ1) is 14.4. The number of rotatable bonds is 4. The van der Waals surface area contributed by atoms with Gasteiger partial charge in [-0.15, -0.1) is 0 Å². The van der Waals surface area contributed by atoms with Crippen molar-refractivity contribution in [3.05, 3.63) is 77.2 Å². The number of fused-ring (bicyclic) bond motifs is 1. The van der Waals surface area contributed by atoms with E-state index in [0.29, 0.717) is 11.2 Å². The Morgan fingerprint density at radius 3 is 2.63 bits per heavy atom. The number of nitrogens with one attached hydrogen (secondary N) is 1. The first kappa shape index (κ1) is 19.6. The van der Waals surface area contributed by atoms with E-state index in [1.54, 1.807) is 54.8 Å². The number of halogens is 1. The predicted molar refractivity (Wildman–Crippen MR) is 117 cm³/mol. The minimum absolute atomic E-state index is 0.159. The van der Waals surface area contributed by atoms with Gasteiger partial charge in [0.1, 0.15) is 11.5 Å². The Morgan fingerprint density at radius 1 is 1.10 bits per heavy atom. The van der Waals surface area contributed by atoms with Gasteiger partial charge in [0.15, 0.2) is 0 Å². The van der Waals surface area contributed by atoms with Crippen molar-refractivity contribution in [2.45, 2.75) is 0 Å². The minimum Gasteiger partial charge on any atom is -0.465 e. The van der Waals surface area contributed by atoms with E-state index in [9.17, 15) is 9.59 Å². The van der Waals surface area contributed by atoms with Crippen molar-refractivity contribution in [1.29, 1.82) is 0 Å². The zero-order valence-electron chi connectivity index (χ0n) is 15.8. The lowest BCUT2D eigenvalue weighted by atomic mass is 10.2. The molecule has 0 radical (unpaired) electrons. The first-order valence-electron chi connectivity index (χ1n) is 8.89. The van der Waals surface area contributed by atoms with Gasteiger partial charge in [0.05, 0.1) is 17.5 Å². The van der Waals surface area contributed by atoms with E-state index in [-0.39, 0.29) is 11.7 Å². The summed E-state index contributed by atoms with van der Waals surface area (Å²) in [5, 5.41) is 11.0. The van der Waals surface area contributed by atoms with Crippen LogP contribution in [0.2, 0.25) is 0 Å². The summed E-state index contributed by atoms with van der Waals surface area (Å²) in [4.78, 5) is 33.8. The van der Waals surface area contributed by atoms with E-state index in [4.69, 9.17) is 5.11 Å². The fraction of sp³-hybridized carbons (Fsp3) is 0.0476. The van der Waals surface area contributed by atoms with Gasteiger partial charge in [0.2, 0.25) is 0 Å². The summed E-state index contributed by atoms with van der Waals surface area (Å²) in [5.41, 5.74) is 3.43. The Labute approximate surface area is 179 Å². The largest absolute Gasteiger partial charge is 0.465 e. The molecule has 4 aromatic rings. The molecule has 9 heteroatoms. The summed E-state index contributed by atoms with van der Waals surface area (Å²) in [7, 11) is 1.72. The summed E-state index contributed by atoms with van der Waals surface area (Å²) in [6.07, 6.45) is 3.79. The van der Waals surface area contributed by atoms with Crippen LogP contribution in [0.5, 0.6) is 0 Å². The molecule has 0 unspecified atom stereocenters. The van der Waals surface area contributed by atoms with Gasteiger partial charge in [-0.1, -0.05) is 22.0 Å². The molecule has 8 nitrogen and oxygen atoms in total. The number of carbonyl (C=O) groups excluding carboxylic acids is 1. The molecule has 2 amide bonds. The Bertz CT molecular complexity index is 1250. The first-order valence-corrected chi connectivity index (χ1v) is 9.69. The van der Waals surface area contributed by atoms with Crippen molar-refractivity contribution in [2.75, 3.05) is 17.3 Å². The van der Waals surface area contributed by atoms with Gasteiger partial charge < -0.3 is 10.0 Å². The number of carboxylic acid groups (broad SMARTS) is 1. The van der Waals surface area contributed by atoms with E-state index in [2.05, 4.69) is 31.2 Å². The molecule has 0 bridgehead atoms. The maximum Gasteiger partial charge on any atom is 0.410 e. The van der Waals surface area contributed by atoms with Crippen LogP contribution in [0.15, 0.2) is 71.6 Å². The molecular formula is C21H16BrN5O3. The maximum atomic E-state index is 13.0. The molecule has 1 aromatic carbocycles. The molecule has 0 aliphatic heterocycles. The van der Waals surface area contributed by atoms with Gasteiger partial charge in [-0.25, -0.2) is 14.8 Å².